The number of nitrogens with one attached hydrogen (secondary N) is 1. The highest BCUT2D eigenvalue weighted by Gasteiger charge is 2.12. The van der Waals surface area contributed by atoms with Crippen LogP contribution in [0.5, 0.6) is 0 Å². The number of hydrogen-bond acceptors (Lipinski definition) is 2. The zero-order chi connectivity index (χ0) is 11.1. The Morgan fingerprint density at radius 1 is 1.31 bits per heavy atom. The molecule has 0 aliphatic rings. The molecule has 0 unspecified atom stereocenters. The Morgan fingerprint density at radius 2 is 2.19 bits per heavy atom. The lowest BCUT2D eigenvalue weighted by Gasteiger charge is -1.90. The van der Waals surface area contributed by atoms with Crippen molar-refractivity contribution in [2.24, 2.45) is 0 Å². The number of nitrogens with zero attached hydrogens (tertiary/aromatic N) is 2. The molecule has 0 amide bonds. The number of hydrogen-bond donors (Lipinski definition) is 1. The summed E-state index contributed by atoms with van der Waals surface area (Å²) in [5.41, 5.74) is 4.30. The zero-order valence-corrected chi connectivity index (χ0v) is 9.19. The molecular formula is C12H12N3O+. The van der Waals surface area contributed by atoms with Crippen LogP contribution in [0.1, 0.15) is 11.3 Å². The maximum Gasteiger partial charge on any atom is 0.236 e. The molecule has 4 nitrogen and oxygen atoms in total. The number of fused-ring (bicyclic) bond motifs is 1. The molecule has 1 aromatic carbocycles. The van der Waals surface area contributed by atoms with Crippen LogP contribution in [0.4, 0.5) is 0 Å². The Balaban J connectivity index is 2.17. The van der Waals surface area contributed by atoms with E-state index < -0.39 is 0 Å². The molecule has 0 fully saturated rings. The number of aromatic nitrogens is 3. The number of aryl methyl sites for hydroxylation is 2. The van der Waals surface area contributed by atoms with E-state index in [2.05, 4.69) is 30.3 Å². The molecule has 3 aromatic rings. The van der Waals surface area contributed by atoms with Crippen molar-refractivity contribution in [1.29, 1.82) is 0 Å². The highest BCUT2D eigenvalue weighted by atomic mass is 16.5. The normalized spacial score (nSPS) is 11.1. The summed E-state index contributed by atoms with van der Waals surface area (Å²) < 4.78 is 7.07. The standard InChI is InChI=1S/C12H11N3O/c1-8-7-15(14-9(8)2)11-3-4-12-10(5-11)6-13-16-12/h3-7H,1-2H3/p+1. The molecule has 16 heavy (non-hydrogen) atoms. The first-order valence-corrected chi connectivity index (χ1v) is 5.17. The van der Waals surface area contributed by atoms with Crippen molar-refractivity contribution in [3.8, 4) is 5.69 Å². The summed E-state index contributed by atoms with van der Waals surface area (Å²) in [6, 6.07) is 5.97. The van der Waals surface area contributed by atoms with E-state index in [-0.39, 0.29) is 0 Å². The van der Waals surface area contributed by atoms with Crippen LogP contribution in [0.2, 0.25) is 0 Å². The molecule has 80 valence electrons. The van der Waals surface area contributed by atoms with Crippen LogP contribution in [-0.2, 0) is 0 Å². The molecule has 2 aromatic heterocycles. The minimum atomic E-state index is 0.810. The van der Waals surface area contributed by atoms with E-state index in [4.69, 9.17) is 4.52 Å². The van der Waals surface area contributed by atoms with Crippen LogP contribution in [0, 0.1) is 13.8 Å². The lowest BCUT2D eigenvalue weighted by Crippen LogP contribution is -2.31. The fourth-order valence-corrected chi connectivity index (χ4v) is 1.74. The summed E-state index contributed by atoms with van der Waals surface area (Å²) in [7, 11) is 0. The average molecular weight is 214 g/mol. The third-order valence-electron chi connectivity index (χ3n) is 2.82. The van der Waals surface area contributed by atoms with E-state index in [1.54, 1.807) is 6.20 Å². The Kier molecular flexibility index (Phi) is 1.83. The number of H-pyrrole nitrogens is 1. The number of rotatable bonds is 1. The molecule has 0 aliphatic carbocycles. The lowest BCUT2D eigenvalue weighted by molar-refractivity contribution is -0.655. The molecule has 0 saturated heterocycles. The third kappa shape index (κ3) is 1.31. The van der Waals surface area contributed by atoms with Gasteiger partial charge in [0, 0.05) is 23.1 Å². The van der Waals surface area contributed by atoms with Gasteiger partial charge < -0.3 is 4.52 Å². The minimum Gasteiger partial charge on any atom is -0.356 e. The minimum absolute atomic E-state index is 0.810. The molecule has 0 bridgehead atoms. The van der Waals surface area contributed by atoms with Gasteiger partial charge in [-0.1, -0.05) is 9.84 Å². The highest BCUT2D eigenvalue weighted by Crippen LogP contribution is 2.15. The van der Waals surface area contributed by atoms with Crippen LogP contribution >= 0.6 is 0 Å². The van der Waals surface area contributed by atoms with Gasteiger partial charge in [-0.3, -0.25) is 0 Å². The van der Waals surface area contributed by atoms with Gasteiger partial charge in [0.05, 0.1) is 11.9 Å². The quantitative estimate of drug-likeness (QED) is 0.630. The van der Waals surface area contributed by atoms with Gasteiger partial charge in [0.25, 0.3) is 0 Å². The second-order valence-electron chi connectivity index (χ2n) is 3.97. The van der Waals surface area contributed by atoms with E-state index in [0.29, 0.717) is 0 Å². The first-order valence-electron chi connectivity index (χ1n) is 5.17. The number of benzene rings is 1. The average Bonchev–Trinajstić information content (AvgIpc) is 2.85. The van der Waals surface area contributed by atoms with Gasteiger partial charge in [0.15, 0.2) is 5.58 Å². The van der Waals surface area contributed by atoms with E-state index in [1.807, 2.05) is 22.9 Å². The van der Waals surface area contributed by atoms with Crippen LogP contribution in [0.15, 0.2) is 35.1 Å². The monoisotopic (exact) mass is 214 g/mol. The van der Waals surface area contributed by atoms with Crippen molar-refractivity contribution in [2.75, 3.05) is 0 Å². The van der Waals surface area contributed by atoms with Gasteiger partial charge in [0.2, 0.25) is 11.9 Å². The van der Waals surface area contributed by atoms with Crippen molar-refractivity contribution in [3.05, 3.63) is 41.9 Å². The maximum absolute atomic E-state index is 5.07. The fourth-order valence-electron chi connectivity index (χ4n) is 1.74. The van der Waals surface area contributed by atoms with Crippen LogP contribution in [-0.4, -0.2) is 10.3 Å². The molecular weight excluding hydrogens is 202 g/mol. The smallest absolute Gasteiger partial charge is 0.236 e. The molecule has 0 saturated carbocycles. The van der Waals surface area contributed by atoms with E-state index >= 15 is 0 Å². The fraction of sp³-hybridized carbons (Fsp3) is 0.167. The molecule has 0 aliphatic heterocycles. The first-order chi connectivity index (χ1) is 7.74. The molecule has 0 radical (unpaired) electrons. The van der Waals surface area contributed by atoms with Gasteiger partial charge in [-0.15, -0.1) is 0 Å². The predicted octanol–water partition coefficient (Wildman–Crippen LogP) is 2.05. The molecule has 3 rings (SSSR count). The van der Waals surface area contributed by atoms with E-state index in [1.165, 1.54) is 11.3 Å². The topological polar surface area (TPSA) is 45.7 Å². The Morgan fingerprint density at radius 3 is 2.94 bits per heavy atom. The second kappa shape index (κ2) is 3.20. The van der Waals surface area contributed by atoms with Gasteiger partial charge >= 0.3 is 0 Å². The Bertz CT molecular complexity index is 632. The predicted molar refractivity (Wildman–Crippen MR) is 59.4 cm³/mol. The van der Waals surface area contributed by atoms with E-state index in [9.17, 15) is 0 Å². The van der Waals surface area contributed by atoms with Gasteiger partial charge in [-0.05, 0) is 19.9 Å². The van der Waals surface area contributed by atoms with Crippen molar-refractivity contribution >= 4 is 11.0 Å². The summed E-state index contributed by atoms with van der Waals surface area (Å²) in [6.45, 7) is 4.14. The van der Waals surface area contributed by atoms with Gasteiger partial charge in [0.1, 0.15) is 0 Å². The second-order valence-corrected chi connectivity index (χ2v) is 3.97. The molecule has 0 atom stereocenters. The van der Waals surface area contributed by atoms with E-state index in [0.717, 1.165) is 16.7 Å². The lowest BCUT2D eigenvalue weighted by atomic mass is 10.2. The zero-order valence-electron chi connectivity index (χ0n) is 9.19. The highest BCUT2D eigenvalue weighted by molar-refractivity contribution is 5.77. The number of aromatic amines is 1. The Hall–Kier alpha value is -2.10. The summed E-state index contributed by atoms with van der Waals surface area (Å²) in [5.74, 6) is 0. The van der Waals surface area contributed by atoms with Crippen LogP contribution < -0.4 is 4.68 Å². The van der Waals surface area contributed by atoms with Crippen molar-refractivity contribution in [1.82, 2.24) is 10.3 Å². The first kappa shape index (κ1) is 9.15. The van der Waals surface area contributed by atoms with Gasteiger partial charge in [-0.25, -0.2) is 0 Å². The van der Waals surface area contributed by atoms with Crippen LogP contribution in [0.3, 0.4) is 0 Å². The largest absolute Gasteiger partial charge is 0.356 e. The van der Waals surface area contributed by atoms with Crippen molar-refractivity contribution in [2.45, 2.75) is 13.8 Å². The summed E-state index contributed by atoms with van der Waals surface area (Å²) in [4.78, 5) is 0. The van der Waals surface area contributed by atoms with Crippen molar-refractivity contribution < 1.29 is 9.20 Å². The SMILES string of the molecule is Cc1c[n+](-c2ccc3oncc3c2)[nH]c1C. The molecule has 4 heteroatoms. The van der Waals surface area contributed by atoms with Crippen LogP contribution in [0.25, 0.3) is 16.7 Å². The molecule has 0 spiro atoms. The summed E-state index contributed by atoms with van der Waals surface area (Å²) in [5, 5.41) is 8.06. The maximum atomic E-state index is 5.07. The third-order valence-corrected chi connectivity index (χ3v) is 2.82. The molecule has 1 N–H and O–H groups in total. The summed E-state index contributed by atoms with van der Waals surface area (Å²) in [6.07, 6.45) is 3.80. The van der Waals surface area contributed by atoms with Gasteiger partial charge in [-0.2, -0.15) is 5.10 Å². The van der Waals surface area contributed by atoms with Crippen molar-refractivity contribution in [3.63, 3.8) is 0 Å². The summed E-state index contributed by atoms with van der Waals surface area (Å²) >= 11 is 0. The Labute approximate surface area is 92.5 Å². The molecule has 2 heterocycles.